The van der Waals surface area contributed by atoms with E-state index < -0.39 is 11.7 Å². The molecule has 1 atom stereocenters. The summed E-state index contributed by atoms with van der Waals surface area (Å²) in [5.74, 6) is 1.54. The van der Waals surface area contributed by atoms with E-state index in [1.807, 2.05) is 50.6 Å². The van der Waals surface area contributed by atoms with E-state index in [0.717, 1.165) is 29.0 Å². The highest BCUT2D eigenvalue weighted by atomic mass is 16.6. The van der Waals surface area contributed by atoms with Crippen LogP contribution in [0, 0.1) is 0 Å². The highest BCUT2D eigenvalue weighted by molar-refractivity contribution is 5.82. The summed E-state index contributed by atoms with van der Waals surface area (Å²) in [6.45, 7) is 6.02. The fourth-order valence-electron chi connectivity index (χ4n) is 2.66. The van der Waals surface area contributed by atoms with Crippen molar-refractivity contribution in [2.24, 2.45) is 12.8 Å². The molecule has 138 valence electrons. The first-order chi connectivity index (χ1) is 11.7. The predicted octanol–water partition coefficient (Wildman–Crippen LogP) is 2.89. The van der Waals surface area contributed by atoms with Crippen molar-refractivity contribution in [3.05, 3.63) is 24.0 Å². The van der Waals surface area contributed by atoms with Gasteiger partial charge < -0.3 is 25.1 Å². The quantitative estimate of drug-likeness (QED) is 0.783. The maximum Gasteiger partial charge on any atom is 0.407 e. The maximum atomic E-state index is 11.6. The molecule has 2 rings (SSSR count). The molecule has 0 fully saturated rings. The summed E-state index contributed by atoms with van der Waals surface area (Å²) >= 11 is 0. The number of hydrogen-bond donors (Lipinski definition) is 2. The Morgan fingerprint density at radius 3 is 2.76 bits per heavy atom. The average molecular weight is 348 g/mol. The lowest BCUT2D eigenvalue weighted by molar-refractivity contribution is 0.0526. The smallest absolute Gasteiger partial charge is 0.407 e. The molecule has 1 heterocycles. The monoisotopic (exact) mass is 348 g/mol. The lowest BCUT2D eigenvalue weighted by atomic mass is 10.1. The van der Waals surface area contributed by atoms with E-state index in [2.05, 4.69) is 10.3 Å². The zero-order valence-electron chi connectivity index (χ0n) is 15.6. The van der Waals surface area contributed by atoms with Gasteiger partial charge in [0.15, 0.2) is 0 Å². The molecular weight excluding hydrogens is 320 g/mol. The number of nitrogens with two attached hydrogens (primary N) is 1. The summed E-state index contributed by atoms with van der Waals surface area (Å²) in [4.78, 5) is 16.3. The molecular formula is C18H28N4O3. The molecule has 0 aliphatic rings. The Balaban J connectivity index is 1.93. The fraction of sp³-hybridized carbons (Fsp3) is 0.556. The molecule has 0 radical (unpaired) electrons. The van der Waals surface area contributed by atoms with Gasteiger partial charge in [-0.25, -0.2) is 9.78 Å². The third-order valence-corrected chi connectivity index (χ3v) is 3.82. The SMILES string of the molecule is COc1cccc2c1nc(C(N)CCCNC(=O)OC(C)(C)C)n2C. The van der Waals surface area contributed by atoms with E-state index >= 15 is 0 Å². The molecule has 0 aliphatic heterocycles. The van der Waals surface area contributed by atoms with Crippen molar-refractivity contribution in [1.82, 2.24) is 14.9 Å². The molecule has 7 heteroatoms. The van der Waals surface area contributed by atoms with E-state index in [9.17, 15) is 4.79 Å². The number of fused-ring (bicyclic) bond motifs is 1. The number of aryl methyl sites for hydroxylation is 1. The summed E-state index contributed by atoms with van der Waals surface area (Å²) in [7, 11) is 3.58. The van der Waals surface area contributed by atoms with Crippen molar-refractivity contribution in [2.75, 3.05) is 13.7 Å². The van der Waals surface area contributed by atoms with Gasteiger partial charge in [0.1, 0.15) is 22.7 Å². The van der Waals surface area contributed by atoms with Crippen LogP contribution < -0.4 is 15.8 Å². The number of carbonyl (C=O) groups excluding carboxylic acids is 1. The molecule has 1 aromatic heterocycles. The first-order valence-corrected chi connectivity index (χ1v) is 8.44. The molecule has 0 aliphatic carbocycles. The van der Waals surface area contributed by atoms with Gasteiger partial charge in [-0.2, -0.15) is 0 Å². The second-order valence-electron chi connectivity index (χ2n) is 7.03. The van der Waals surface area contributed by atoms with Gasteiger partial charge in [0.25, 0.3) is 0 Å². The number of rotatable bonds is 6. The van der Waals surface area contributed by atoms with Crippen LogP contribution in [0.2, 0.25) is 0 Å². The van der Waals surface area contributed by atoms with Gasteiger partial charge in [-0.15, -0.1) is 0 Å². The Morgan fingerprint density at radius 1 is 1.40 bits per heavy atom. The zero-order valence-corrected chi connectivity index (χ0v) is 15.6. The molecule has 7 nitrogen and oxygen atoms in total. The van der Waals surface area contributed by atoms with Gasteiger partial charge in [-0.3, -0.25) is 0 Å². The van der Waals surface area contributed by atoms with Crippen LogP contribution in [0.5, 0.6) is 5.75 Å². The van der Waals surface area contributed by atoms with E-state index in [1.165, 1.54) is 0 Å². The number of nitrogens with one attached hydrogen (secondary N) is 1. The van der Waals surface area contributed by atoms with Crippen LogP contribution in [0.3, 0.4) is 0 Å². The minimum absolute atomic E-state index is 0.220. The number of hydrogen-bond acceptors (Lipinski definition) is 5. The third-order valence-electron chi connectivity index (χ3n) is 3.82. The summed E-state index contributed by atoms with van der Waals surface area (Å²) in [5.41, 5.74) is 7.60. The summed E-state index contributed by atoms with van der Waals surface area (Å²) < 4.78 is 12.6. The lowest BCUT2D eigenvalue weighted by Gasteiger charge is -2.19. The molecule has 1 amide bonds. The second-order valence-corrected chi connectivity index (χ2v) is 7.03. The van der Waals surface area contributed by atoms with Crippen LogP contribution in [-0.2, 0) is 11.8 Å². The molecule has 1 unspecified atom stereocenters. The molecule has 2 aromatic rings. The van der Waals surface area contributed by atoms with Gasteiger partial charge in [-0.1, -0.05) is 6.07 Å². The summed E-state index contributed by atoms with van der Waals surface area (Å²) in [5, 5.41) is 2.74. The van der Waals surface area contributed by atoms with Crippen LogP contribution in [0.1, 0.15) is 45.5 Å². The molecule has 0 bridgehead atoms. The Bertz CT molecular complexity index is 734. The van der Waals surface area contributed by atoms with Crippen LogP contribution >= 0.6 is 0 Å². The number of para-hydroxylation sites is 1. The number of aromatic nitrogens is 2. The number of benzene rings is 1. The first-order valence-electron chi connectivity index (χ1n) is 8.44. The first kappa shape index (κ1) is 19.1. The topological polar surface area (TPSA) is 91.4 Å². The summed E-state index contributed by atoms with van der Waals surface area (Å²) in [6, 6.07) is 5.59. The summed E-state index contributed by atoms with van der Waals surface area (Å²) in [6.07, 6.45) is 1.03. The number of ether oxygens (including phenoxy) is 2. The minimum Gasteiger partial charge on any atom is -0.494 e. The molecule has 1 aromatic carbocycles. The maximum absolute atomic E-state index is 11.6. The van der Waals surface area contributed by atoms with Crippen LogP contribution in [0.15, 0.2) is 18.2 Å². The van der Waals surface area contributed by atoms with Crippen molar-refractivity contribution in [3.8, 4) is 5.75 Å². The molecule has 0 saturated carbocycles. The number of alkyl carbamates (subject to hydrolysis) is 1. The van der Waals surface area contributed by atoms with Gasteiger partial charge in [0, 0.05) is 13.6 Å². The van der Waals surface area contributed by atoms with Gasteiger partial charge in [0.2, 0.25) is 0 Å². The molecule has 0 spiro atoms. The molecule has 25 heavy (non-hydrogen) atoms. The number of amides is 1. The largest absolute Gasteiger partial charge is 0.494 e. The van der Waals surface area contributed by atoms with Gasteiger partial charge in [-0.05, 0) is 45.7 Å². The van der Waals surface area contributed by atoms with Crippen LogP contribution in [0.4, 0.5) is 4.79 Å². The van der Waals surface area contributed by atoms with E-state index in [0.29, 0.717) is 13.0 Å². The van der Waals surface area contributed by atoms with Crippen LogP contribution in [0.25, 0.3) is 11.0 Å². The van der Waals surface area contributed by atoms with Crippen molar-refractivity contribution in [1.29, 1.82) is 0 Å². The normalized spacial score (nSPS) is 12.9. The lowest BCUT2D eigenvalue weighted by Crippen LogP contribution is -2.33. The average Bonchev–Trinajstić information content (AvgIpc) is 2.87. The highest BCUT2D eigenvalue weighted by Gasteiger charge is 2.18. The van der Waals surface area contributed by atoms with Crippen molar-refractivity contribution in [3.63, 3.8) is 0 Å². The number of imidazole rings is 1. The Kier molecular flexibility index (Phi) is 5.89. The fourth-order valence-corrected chi connectivity index (χ4v) is 2.66. The predicted molar refractivity (Wildman–Crippen MR) is 97.7 cm³/mol. The van der Waals surface area contributed by atoms with E-state index in [1.54, 1.807) is 7.11 Å². The van der Waals surface area contributed by atoms with E-state index in [4.69, 9.17) is 15.2 Å². The second kappa shape index (κ2) is 7.74. The van der Waals surface area contributed by atoms with Gasteiger partial charge >= 0.3 is 6.09 Å². The Morgan fingerprint density at radius 2 is 2.12 bits per heavy atom. The Labute approximate surface area is 148 Å². The Hall–Kier alpha value is -2.28. The highest BCUT2D eigenvalue weighted by Crippen LogP contribution is 2.27. The van der Waals surface area contributed by atoms with Crippen molar-refractivity contribution >= 4 is 17.1 Å². The van der Waals surface area contributed by atoms with Crippen molar-refractivity contribution < 1.29 is 14.3 Å². The zero-order chi connectivity index (χ0) is 18.6. The third kappa shape index (κ3) is 4.85. The molecule has 0 saturated heterocycles. The number of carbonyl (C=O) groups is 1. The van der Waals surface area contributed by atoms with E-state index in [-0.39, 0.29) is 6.04 Å². The van der Waals surface area contributed by atoms with Gasteiger partial charge in [0.05, 0.1) is 18.7 Å². The van der Waals surface area contributed by atoms with Crippen LogP contribution in [-0.4, -0.2) is 34.9 Å². The molecule has 3 N–H and O–H groups in total. The number of nitrogens with zero attached hydrogens (tertiary/aromatic N) is 2. The standard InChI is InChI=1S/C18H28N4O3/c1-18(2,3)25-17(23)20-11-7-8-12(19)16-21-15-13(22(16)4)9-6-10-14(15)24-5/h6,9-10,12H,7-8,11,19H2,1-5H3,(H,20,23). The minimum atomic E-state index is -0.493. The van der Waals surface area contributed by atoms with Crippen molar-refractivity contribution in [2.45, 2.75) is 45.3 Å². The number of methoxy groups -OCH3 is 1.